The van der Waals surface area contributed by atoms with Gasteiger partial charge in [0.1, 0.15) is 6.04 Å². The van der Waals surface area contributed by atoms with Gasteiger partial charge in [0.2, 0.25) is 0 Å². The van der Waals surface area contributed by atoms with Crippen molar-refractivity contribution in [1.29, 1.82) is 0 Å². The molecule has 8 heteroatoms. The maximum Gasteiger partial charge on any atom is 0.267 e. The number of carbonyl (C=O) groups is 2. The fraction of sp³-hybridized carbons (Fsp3) is 0.400. The van der Waals surface area contributed by atoms with Crippen LogP contribution in [0.4, 0.5) is 0 Å². The highest BCUT2D eigenvalue weighted by molar-refractivity contribution is 5.97. The number of amides is 2. The second-order valence-electron chi connectivity index (χ2n) is 6.84. The smallest absolute Gasteiger partial charge is 0.267 e. The van der Waals surface area contributed by atoms with Crippen LogP contribution in [0.5, 0.6) is 0 Å². The van der Waals surface area contributed by atoms with Crippen LogP contribution in [0, 0.1) is 29.6 Å². The molecule has 1 rings (SSSR count). The minimum absolute atomic E-state index is 0.288. The third kappa shape index (κ3) is 7.03. The fourth-order valence-corrected chi connectivity index (χ4v) is 2.08. The first-order valence-corrected chi connectivity index (χ1v) is 8.54. The van der Waals surface area contributed by atoms with Crippen LogP contribution in [0.25, 0.3) is 0 Å². The van der Waals surface area contributed by atoms with Gasteiger partial charge in [0.25, 0.3) is 11.8 Å². The lowest BCUT2D eigenvalue weighted by Gasteiger charge is -2.29. The first-order valence-electron chi connectivity index (χ1n) is 8.54. The maximum atomic E-state index is 12.3. The van der Waals surface area contributed by atoms with Crippen LogP contribution < -0.4 is 16.5 Å². The van der Waals surface area contributed by atoms with E-state index in [4.69, 9.17) is 16.0 Å². The van der Waals surface area contributed by atoms with E-state index in [-0.39, 0.29) is 12.2 Å². The molecule has 0 bridgehead atoms. The molecule has 2 amide bonds. The Labute approximate surface area is 164 Å². The maximum absolute atomic E-state index is 12.3. The van der Waals surface area contributed by atoms with Crippen LogP contribution in [0.15, 0.2) is 24.3 Å². The van der Waals surface area contributed by atoms with Crippen molar-refractivity contribution in [3.8, 4) is 23.7 Å². The zero-order chi connectivity index (χ0) is 21.3. The summed E-state index contributed by atoms with van der Waals surface area (Å²) < 4.78 is 0. The van der Waals surface area contributed by atoms with Gasteiger partial charge in [-0.1, -0.05) is 11.8 Å². The highest BCUT2D eigenvalue weighted by Crippen LogP contribution is 2.09. The Balaban J connectivity index is 2.83. The van der Waals surface area contributed by atoms with Crippen molar-refractivity contribution in [2.75, 3.05) is 6.61 Å². The quantitative estimate of drug-likeness (QED) is 0.218. The van der Waals surface area contributed by atoms with Crippen molar-refractivity contribution >= 4 is 11.8 Å². The minimum Gasteiger partial charge on any atom is -0.394 e. The topological polar surface area (TPSA) is 145 Å². The number of benzene rings is 1. The molecule has 150 valence electrons. The van der Waals surface area contributed by atoms with E-state index in [1.807, 2.05) is 0 Å². The Morgan fingerprint density at radius 1 is 1.21 bits per heavy atom. The van der Waals surface area contributed by atoms with Gasteiger partial charge in [0, 0.05) is 22.6 Å². The summed E-state index contributed by atoms with van der Waals surface area (Å²) in [7, 11) is 0. The van der Waals surface area contributed by atoms with E-state index in [1.165, 1.54) is 17.6 Å². The van der Waals surface area contributed by atoms with Crippen molar-refractivity contribution < 1.29 is 25.0 Å². The summed E-state index contributed by atoms with van der Waals surface area (Å²) in [5.74, 6) is 9.01. The van der Waals surface area contributed by atoms with Gasteiger partial charge < -0.3 is 21.3 Å². The summed E-state index contributed by atoms with van der Waals surface area (Å²) in [5, 5.41) is 29.5. The highest BCUT2D eigenvalue weighted by Gasteiger charge is 2.33. The van der Waals surface area contributed by atoms with E-state index in [1.54, 1.807) is 32.9 Å². The molecule has 1 aromatic carbocycles. The van der Waals surface area contributed by atoms with Gasteiger partial charge in [0.15, 0.2) is 0 Å². The molecular formula is C20H25N3O5. The molecule has 3 atom stereocenters. The van der Waals surface area contributed by atoms with Gasteiger partial charge in [-0.15, -0.1) is 0 Å². The van der Waals surface area contributed by atoms with Gasteiger partial charge in [-0.25, -0.2) is 5.48 Å². The van der Waals surface area contributed by atoms with Crippen molar-refractivity contribution in [1.82, 2.24) is 10.8 Å². The van der Waals surface area contributed by atoms with Crippen LogP contribution in [0.1, 0.15) is 36.7 Å². The van der Waals surface area contributed by atoms with Crippen molar-refractivity contribution in [2.45, 2.75) is 38.5 Å². The van der Waals surface area contributed by atoms with E-state index in [0.29, 0.717) is 5.56 Å². The van der Waals surface area contributed by atoms with Gasteiger partial charge in [0.05, 0.1) is 12.7 Å². The summed E-state index contributed by atoms with van der Waals surface area (Å²) in [6, 6.07) is 5.16. The van der Waals surface area contributed by atoms with Crippen LogP contribution in [-0.4, -0.2) is 51.5 Å². The SMILES string of the molecule is C[C@@H](C#CC#Cc1ccc(C(=O)NC(C(=O)NO)C(C)(C)N)cc1)[C@@H](O)CO. The second kappa shape index (κ2) is 10.5. The van der Waals surface area contributed by atoms with Crippen molar-refractivity contribution in [2.24, 2.45) is 11.7 Å². The minimum atomic E-state index is -1.13. The number of hydroxylamine groups is 1. The number of nitrogens with one attached hydrogen (secondary N) is 2. The Morgan fingerprint density at radius 2 is 1.82 bits per heavy atom. The van der Waals surface area contributed by atoms with Crippen LogP contribution in [-0.2, 0) is 4.79 Å². The van der Waals surface area contributed by atoms with E-state index in [0.717, 1.165) is 0 Å². The largest absolute Gasteiger partial charge is 0.394 e. The van der Waals surface area contributed by atoms with Crippen LogP contribution in [0.2, 0.25) is 0 Å². The standard InChI is InChI=1S/C20H25N3O5/c1-13(16(25)12-24)6-4-5-7-14-8-10-15(11-9-14)18(26)22-17(19(27)23-28)20(2,3)21/h8-11,13,16-17,24-25,28H,12,21H2,1-3H3,(H,22,26)(H,23,27)/t13-,16-,17?/m0/s1. The first kappa shape index (κ1) is 23.2. The average molecular weight is 387 g/mol. The number of aliphatic hydroxyl groups is 2. The van der Waals surface area contributed by atoms with Gasteiger partial charge in [-0.3, -0.25) is 14.8 Å². The third-order valence-corrected chi connectivity index (χ3v) is 3.87. The molecule has 0 saturated heterocycles. The zero-order valence-corrected chi connectivity index (χ0v) is 16.0. The van der Waals surface area contributed by atoms with Gasteiger partial charge >= 0.3 is 0 Å². The summed E-state index contributed by atoms with van der Waals surface area (Å²) >= 11 is 0. The molecule has 0 aliphatic carbocycles. The van der Waals surface area contributed by atoms with Gasteiger partial charge in [-0.2, -0.15) is 0 Å². The Hall–Kier alpha value is -2.88. The molecule has 0 fully saturated rings. The second-order valence-corrected chi connectivity index (χ2v) is 6.84. The number of carbonyl (C=O) groups excluding carboxylic acids is 2. The van der Waals surface area contributed by atoms with Crippen molar-refractivity contribution in [3.05, 3.63) is 35.4 Å². The summed E-state index contributed by atoms with van der Waals surface area (Å²) in [5.41, 5.74) is 7.18. The third-order valence-electron chi connectivity index (χ3n) is 3.87. The lowest BCUT2D eigenvalue weighted by atomic mass is 9.95. The molecule has 0 aliphatic rings. The van der Waals surface area contributed by atoms with E-state index in [9.17, 15) is 14.7 Å². The number of hydrogen-bond donors (Lipinski definition) is 6. The fourth-order valence-electron chi connectivity index (χ4n) is 2.08. The van der Waals surface area contributed by atoms with Crippen LogP contribution >= 0.6 is 0 Å². The van der Waals surface area contributed by atoms with E-state index < -0.39 is 35.4 Å². The number of aliphatic hydroxyl groups excluding tert-OH is 2. The molecule has 8 nitrogen and oxygen atoms in total. The highest BCUT2D eigenvalue weighted by atomic mass is 16.5. The Bertz CT molecular complexity index is 807. The summed E-state index contributed by atoms with van der Waals surface area (Å²) in [6.45, 7) is 4.41. The van der Waals surface area contributed by atoms with Gasteiger partial charge in [-0.05, 0) is 56.9 Å². The molecule has 0 aromatic heterocycles. The molecular weight excluding hydrogens is 362 g/mol. The number of hydrogen-bond acceptors (Lipinski definition) is 6. The zero-order valence-electron chi connectivity index (χ0n) is 16.0. The number of rotatable bonds is 6. The predicted molar refractivity (Wildman–Crippen MR) is 103 cm³/mol. The molecule has 28 heavy (non-hydrogen) atoms. The average Bonchev–Trinajstić information content (AvgIpc) is 2.67. The van der Waals surface area contributed by atoms with Crippen molar-refractivity contribution in [3.63, 3.8) is 0 Å². The normalized spacial score (nSPS) is 13.7. The molecule has 1 aromatic rings. The summed E-state index contributed by atoms with van der Waals surface area (Å²) in [4.78, 5) is 24.0. The molecule has 0 heterocycles. The molecule has 0 aliphatic heterocycles. The van der Waals surface area contributed by atoms with E-state index in [2.05, 4.69) is 29.0 Å². The van der Waals surface area contributed by atoms with E-state index >= 15 is 0 Å². The lowest BCUT2D eigenvalue weighted by Crippen LogP contribution is -2.61. The predicted octanol–water partition coefficient (Wildman–Crippen LogP) is -0.628. The number of nitrogens with two attached hydrogens (primary N) is 1. The molecule has 0 spiro atoms. The lowest BCUT2D eigenvalue weighted by molar-refractivity contribution is -0.132. The molecule has 7 N–H and O–H groups in total. The summed E-state index contributed by atoms with van der Waals surface area (Å²) in [6.07, 6.45) is -0.915. The Kier molecular flexibility index (Phi) is 8.65. The molecule has 1 unspecified atom stereocenters. The Morgan fingerprint density at radius 3 is 2.32 bits per heavy atom. The molecule has 0 saturated carbocycles. The first-order chi connectivity index (χ1) is 13.1. The van der Waals surface area contributed by atoms with Crippen LogP contribution in [0.3, 0.4) is 0 Å². The monoisotopic (exact) mass is 387 g/mol. The molecule has 0 radical (unpaired) electrons.